The first-order valence-electron chi connectivity index (χ1n) is 11.8. The Morgan fingerprint density at radius 1 is 0.781 bits per heavy atom. The lowest BCUT2D eigenvalue weighted by Gasteiger charge is -2.37. The molecule has 0 aliphatic heterocycles. The molecule has 1 aliphatic carbocycles. The van der Waals surface area contributed by atoms with Crippen LogP contribution in [0, 0.1) is 0 Å². The van der Waals surface area contributed by atoms with E-state index in [4.69, 9.17) is 0 Å². The van der Waals surface area contributed by atoms with Gasteiger partial charge in [-0.1, -0.05) is 111 Å². The van der Waals surface area contributed by atoms with E-state index in [1.807, 2.05) is 0 Å². The minimum atomic E-state index is -0.208. The van der Waals surface area contributed by atoms with Crippen LogP contribution in [0.1, 0.15) is 40.7 Å². The van der Waals surface area contributed by atoms with Crippen molar-refractivity contribution in [2.45, 2.75) is 41.3 Å². The number of aryl methyl sites for hydroxylation is 3. The molecular formula is C29H34Br2N+. The van der Waals surface area contributed by atoms with Gasteiger partial charge >= 0.3 is 0 Å². The normalized spacial score (nSPS) is 16.0. The summed E-state index contributed by atoms with van der Waals surface area (Å²) in [7, 11) is 4.75. The SMILES string of the molecule is C[N+](C)(CCCc1ccccc1)CCC(Br)C1(Br)c2ccccc2CCc2ccccc21. The molecule has 4 rings (SSSR count). The van der Waals surface area contributed by atoms with Crippen LogP contribution < -0.4 is 0 Å². The van der Waals surface area contributed by atoms with Gasteiger partial charge in [-0.25, -0.2) is 0 Å². The minimum Gasteiger partial charge on any atom is -0.328 e. The molecule has 168 valence electrons. The molecule has 0 saturated heterocycles. The molecule has 0 fully saturated rings. The number of hydrogen-bond acceptors (Lipinski definition) is 0. The van der Waals surface area contributed by atoms with Crippen LogP contribution in [0.4, 0.5) is 0 Å². The van der Waals surface area contributed by atoms with Crippen LogP contribution in [0.2, 0.25) is 0 Å². The third kappa shape index (κ3) is 5.21. The Bertz CT molecular complexity index is 981. The van der Waals surface area contributed by atoms with Gasteiger partial charge in [0, 0.05) is 17.7 Å². The standard InChI is InChI=1S/C29H34Br2N/c1-32(2,21-10-13-23-11-4-3-5-12-23)22-20-28(30)29(31)26-16-8-6-14-24(26)18-19-25-15-7-9-17-27(25)29/h3-9,11-12,14-17,28H,10,13,18-22H2,1-2H3/q+1. The second-order valence-corrected chi connectivity index (χ2v) is 12.1. The van der Waals surface area contributed by atoms with Crippen molar-refractivity contribution in [1.29, 1.82) is 0 Å². The van der Waals surface area contributed by atoms with E-state index >= 15 is 0 Å². The van der Waals surface area contributed by atoms with Crippen molar-refractivity contribution in [3.63, 3.8) is 0 Å². The lowest BCUT2D eigenvalue weighted by atomic mass is 9.84. The number of hydrogen-bond donors (Lipinski definition) is 0. The molecule has 0 N–H and O–H groups in total. The van der Waals surface area contributed by atoms with Crippen LogP contribution >= 0.6 is 31.9 Å². The van der Waals surface area contributed by atoms with Crippen molar-refractivity contribution >= 4 is 31.9 Å². The van der Waals surface area contributed by atoms with E-state index in [0.717, 1.165) is 36.7 Å². The number of alkyl halides is 2. The summed E-state index contributed by atoms with van der Waals surface area (Å²) < 4.78 is 0.835. The van der Waals surface area contributed by atoms with Crippen molar-refractivity contribution in [3.05, 3.63) is 107 Å². The van der Waals surface area contributed by atoms with Gasteiger partial charge in [-0.05, 0) is 47.1 Å². The topological polar surface area (TPSA) is 0 Å². The molecule has 0 bridgehead atoms. The zero-order valence-electron chi connectivity index (χ0n) is 19.2. The van der Waals surface area contributed by atoms with Gasteiger partial charge in [0.05, 0.1) is 31.5 Å². The number of benzene rings is 3. The predicted octanol–water partition coefficient (Wildman–Crippen LogP) is 7.29. The summed E-state index contributed by atoms with van der Waals surface area (Å²) in [5, 5.41) is 0. The van der Waals surface area contributed by atoms with Crippen LogP contribution in [-0.4, -0.2) is 36.5 Å². The van der Waals surface area contributed by atoms with Gasteiger partial charge in [0.1, 0.15) is 0 Å². The van der Waals surface area contributed by atoms with Crippen molar-refractivity contribution in [2.75, 3.05) is 27.2 Å². The van der Waals surface area contributed by atoms with Crippen LogP contribution in [0.15, 0.2) is 78.9 Å². The largest absolute Gasteiger partial charge is 0.328 e. The lowest BCUT2D eigenvalue weighted by Crippen LogP contribution is -2.44. The first-order valence-corrected chi connectivity index (χ1v) is 13.5. The molecular weight excluding hydrogens is 522 g/mol. The maximum atomic E-state index is 4.31. The van der Waals surface area contributed by atoms with Gasteiger partial charge < -0.3 is 4.48 Å². The molecule has 32 heavy (non-hydrogen) atoms. The zero-order valence-corrected chi connectivity index (χ0v) is 22.4. The maximum Gasteiger partial charge on any atom is 0.0886 e. The van der Waals surface area contributed by atoms with E-state index < -0.39 is 0 Å². The first kappa shape index (κ1) is 23.7. The molecule has 0 amide bonds. The highest BCUT2D eigenvalue weighted by atomic mass is 79.9. The Morgan fingerprint density at radius 2 is 1.31 bits per heavy atom. The van der Waals surface area contributed by atoms with Crippen molar-refractivity contribution in [1.82, 2.24) is 0 Å². The third-order valence-corrected chi connectivity index (χ3v) is 10.1. The fourth-order valence-corrected chi connectivity index (χ4v) is 6.77. The average Bonchev–Trinajstić information content (AvgIpc) is 2.94. The first-order chi connectivity index (χ1) is 15.4. The number of quaternary nitrogens is 1. The van der Waals surface area contributed by atoms with Crippen molar-refractivity contribution in [2.24, 2.45) is 0 Å². The van der Waals surface area contributed by atoms with Gasteiger partial charge in [-0.3, -0.25) is 0 Å². The third-order valence-electron chi connectivity index (χ3n) is 6.97. The quantitative estimate of drug-likeness (QED) is 0.202. The average molecular weight is 556 g/mol. The van der Waals surface area contributed by atoms with Crippen molar-refractivity contribution < 1.29 is 4.48 Å². The molecule has 1 unspecified atom stereocenters. The summed E-state index contributed by atoms with van der Waals surface area (Å²) in [5.41, 5.74) is 7.20. The fourth-order valence-electron chi connectivity index (χ4n) is 5.07. The minimum absolute atomic E-state index is 0.208. The number of nitrogens with zero attached hydrogens (tertiary/aromatic N) is 1. The summed E-state index contributed by atoms with van der Waals surface area (Å²) in [6.45, 7) is 2.33. The summed E-state index contributed by atoms with van der Waals surface area (Å²) in [6, 6.07) is 28.8. The zero-order chi connectivity index (χ0) is 22.6. The summed E-state index contributed by atoms with van der Waals surface area (Å²) in [6.07, 6.45) is 5.67. The Hall–Kier alpha value is -1.42. The Morgan fingerprint density at radius 3 is 1.91 bits per heavy atom. The summed E-state index contributed by atoms with van der Waals surface area (Å²) in [5.74, 6) is 0. The molecule has 3 aromatic rings. The van der Waals surface area contributed by atoms with Crippen LogP contribution in [-0.2, 0) is 23.6 Å². The fraction of sp³-hybridized carbons (Fsp3) is 0.379. The van der Waals surface area contributed by atoms with E-state index in [9.17, 15) is 0 Å². The van der Waals surface area contributed by atoms with Crippen LogP contribution in [0.25, 0.3) is 0 Å². The number of halogens is 2. The molecule has 3 heteroatoms. The smallest absolute Gasteiger partial charge is 0.0886 e. The lowest BCUT2D eigenvalue weighted by molar-refractivity contribution is -0.890. The maximum absolute atomic E-state index is 4.31. The van der Waals surface area contributed by atoms with Gasteiger partial charge in [0.2, 0.25) is 0 Å². The van der Waals surface area contributed by atoms with Gasteiger partial charge in [-0.15, -0.1) is 0 Å². The highest BCUT2D eigenvalue weighted by Gasteiger charge is 2.43. The Balaban J connectivity index is 1.49. The molecule has 0 aromatic heterocycles. The highest BCUT2D eigenvalue weighted by molar-refractivity contribution is 9.12. The molecule has 0 radical (unpaired) electrons. The van der Waals surface area contributed by atoms with Gasteiger partial charge in [0.25, 0.3) is 0 Å². The predicted molar refractivity (Wildman–Crippen MR) is 144 cm³/mol. The van der Waals surface area contributed by atoms with Gasteiger partial charge in [0.15, 0.2) is 0 Å². The number of fused-ring (bicyclic) bond motifs is 2. The molecule has 1 nitrogen and oxygen atoms in total. The molecule has 0 spiro atoms. The Labute approximate surface area is 210 Å². The highest BCUT2D eigenvalue weighted by Crippen LogP contribution is 2.50. The molecule has 0 saturated carbocycles. The summed E-state index contributed by atoms with van der Waals surface area (Å²) in [4.78, 5) is 0.307. The second-order valence-electron chi connectivity index (χ2n) is 9.75. The second kappa shape index (κ2) is 10.2. The van der Waals surface area contributed by atoms with E-state index in [2.05, 4.69) is 125 Å². The van der Waals surface area contributed by atoms with Crippen LogP contribution in [0.3, 0.4) is 0 Å². The van der Waals surface area contributed by atoms with Crippen molar-refractivity contribution in [3.8, 4) is 0 Å². The monoisotopic (exact) mass is 554 g/mol. The molecule has 1 aliphatic rings. The van der Waals surface area contributed by atoms with E-state index in [-0.39, 0.29) is 4.32 Å². The molecule has 0 heterocycles. The molecule has 1 atom stereocenters. The summed E-state index contributed by atoms with van der Waals surface area (Å²) >= 11 is 8.48. The number of rotatable bonds is 8. The van der Waals surface area contributed by atoms with E-state index in [0.29, 0.717) is 4.83 Å². The van der Waals surface area contributed by atoms with E-state index in [1.165, 1.54) is 40.8 Å². The van der Waals surface area contributed by atoms with Gasteiger partial charge in [-0.2, -0.15) is 0 Å². The molecule has 3 aromatic carbocycles. The van der Waals surface area contributed by atoms with Crippen LogP contribution in [0.5, 0.6) is 0 Å². The Kier molecular flexibility index (Phi) is 7.59. The van der Waals surface area contributed by atoms with E-state index in [1.54, 1.807) is 0 Å².